The number of methoxy groups -OCH3 is 1. The van der Waals surface area contributed by atoms with E-state index in [9.17, 15) is 9.59 Å². The van der Waals surface area contributed by atoms with Crippen molar-refractivity contribution in [3.63, 3.8) is 0 Å². The van der Waals surface area contributed by atoms with E-state index in [1.54, 1.807) is 12.3 Å². The maximum absolute atomic E-state index is 12.2. The Balaban J connectivity index is 1.86. The van der Waals surface area contributed by atoms with Crippen LogP contribution in [0.4, 0.5) is 0 Å². The molecule has 0 saturated carbocycles. The highest BCUT2D eigenvalue weighted by Gasteiger charge is 2.18. The molecule has 0 radical (unpaired) electrons. The topological polar surface area (TPSA) is 59.2 Å². The minimum atomic E-state index is -0.625. The van der Waals surface area contributed by atoms with Crippen LogP contribution in [0.2, 0.25) is 0 Å². The van der Waals surface area contributed by atoms with Crippen LogP contribution in [0.1, 0.15) is 21.5 Å². The number of pyridine rings is 1. The van der Waals surface area contributed by atoms with Gasteiger partial charge in [0.1, 0.15) is 5.56 Å². The van der Waals surface area contributed by atoms with Gasteiger partial charge in [-0.1, -0.05) is 66.7 Å². The van der Waals surface area contributed by atoms with E-state index < -0.39 is 11.5 Å². The largest absolute Gasteiger partial charge is 0.465 e. The molecule has 4 aromatic rings. The lowest BCUT2D eigenvalue weighted by atomic mass is 9.91. The van der Waals surface area contributed by atoms with Crippen molar-refractivity contribution in [3.8, 4) is 11.1 Å². The van der Waals surface area contributed by atoms with Crippen LogP contribution in [0.15, 0.2) is 83.8 Å². The molecule has 1 N–H and O–H groups in total. The van der Waals surface area contributed by atoms with Crippen LogP contribution in [0.5, 0.6) is 0 Å². The van der Waals surface area contributed by atoms with Crippen LogP contribution < -0.4 is 5.56 Å². The van der Waals surface area contributed by atoms with Gasteiger partial charge in [-0.15, -0.1) is 0 Å². The van der Waals surface area contributed by atoms with E-state index >= 15 is 0 Å². The molecule has 0 aliphatic heterocycles. The molecule has 28 heavy (non-hydrogen) atoms. The monoisotopic (exact) mass is 369 g/mol. The highest BCUT2D eigenvalue weighted by molar-refractivity contribution is 5.97. The SMILES string of the molecule is COC(=O)c1c(Cc2ccccc2-c2cccc3ccccc23)cc[nH]c1=O. The minimum Gasteiger partial charge on any atom is -0.465 e. The first kappa shape index (κ1) is 17.7. The van der Waals surface area contributed by atoms with Crippen LogP contribution in [0.25, 0.3) is 21.9 Å². The Hall–Kier alpha value is -3.66. The number of esters is 1. The lowest BCUT2D eigenvalue weighted by molar-refractivity contribution is 0.0597. The summed E-state index contributed by atoms with van der Waals surface area (Å²) in [7, 11) is 1.28. The summed E-state index contributed by atoms with van der Waals surface area (Å²) in [6.07, 6.45) is 2.01. The summed E-state index contributed by atoms with van der Waals surface area (Å²) in [6, 6.07) is 24.3. The summed E-state index contributed by atoms with van der Waals surface area (Å²) in [5, 5.41) is 2.33. The van der Waals surface area contributed by atoms with Gasteiger partial charge in [0.15, 0.2) is 0 Å². The summed E-state index contributed by atoms with van der Waals surface area (Å²) in [6.45, 7) is 0. The molecule has 0 spiro atoms. The maximum atomic E-state index is 12.2. The fraction of sp³-hybridized carbons (Fsp3) is 0.0833. The van der Waals surface area contributed by atoms with E-state index in [0.717, 1.165) is 22.1 Å². The highest BCUT2D eigenvalue weighted by atomic mass is 16.5. The predicted molar refractivity (Wildman–Crippen MR) is 111 cm³/mol. The second-order valence-corrected chi connectivity index (χ2v) is 6.56. The molecule has 3 aromatic carbocycles. The molecule has 0 saturated heterocycles. The average Bonchev–Trinajstić information content (AvgIpc) is 2.73. The maximum Gasteiger partial charge on any atom is 0.343 e. The van der Waals surface area contributed by atoms with Crippen LogP contribution in [0.3, 0.4) is 0 Å². The van der Waals surface area contributed by atoms with Gasteiger partial charge in [-0.25, -0.2) is 4.79 Å². The van der Waals surface area contributed by atoms with Gasteiger partial charge in [0.05, 0.1) is 7.11 Å². The Bertz CT molecular complexity index is 1220. The van der Waals surface area contributed by atoms with Crippen molar-refractivity contribution in [1.29, 1.82) is 0 Å². The van der Waals surface area contributed by atoms with Gasteiger partial charge in [0.25, 0.3) is 5.56 Å². The van der Waals surface area contributed by atoms with Crippen molar-refractivity contribution in [2.75, 3.05) is 7.11 Å². The van der Waals surface area contributed by atoms with Gasteiger partial charge >= 0.3 is 5.97 Å². The number of rotatable bonds is 4. The van der Waals surface area contributed by atoms with Crippen molar-refractivity contribution >= 4 is 16.7 Å². The van der Waals surface area contributed by atoms with Crippen LogP contribution in [0, 0.1) is 0 Å². The molecule has 4 rings (SSSR count). The van der Waals surface area contributed by atoms with Gasteiger partial charge in [0, 0.05) is 6.20 Å². The number of hydrogen-bond donors (Lipinski definition) is 1. The quantitative estimate of drug-likeness (QED) is 0.536. The van der Waals surface area contributed by atoms with E-state index in [4.69, 9.17) is 4.74 Å². The number of carbonyl (C=O) groups is 1. The molecular weight excluding hydrogens is 350 g/mol. The molecular formula is C24H19NO3. The smallest absolute Gasteiger partial charge is 0.343 e. The van der Waals surface area contributed by atoms with E-state index in [2.05, 4.69) is 35.3 Å². The third kappa shape index (κ3) is 3.21. The summed E-state index contributed by atoms with van der Waals surface area (Å²) < 4.78 is 4.81. The van der Waals surface area contributed by atoms with Gasteiger partial charge in [-0.05, 0) is 45.5 Å². The molecule has 138 valence electrons. The molecule has 4 nitrogen and oxygen atoms in total. The molecule has 0 atom stereocenters. The molecule has 1 heterocycles. The molecule has 0 fully saturated rings. The van der Waals surface area contributed by atoms with Gasteiger partial charge in [0.2, 0.25) is 0 Å². The molecule has 0 unspecified atom stereocenters. The van der Waals surface area contributed by atoms with Crippen molar-refractivity contribution in [2.45, 2.75) is 6.42 Å². The fourth-order valence-electron chi connectivity index (χ4n) is 3.60. The fourth-order valence-corrected chi connectivity index (χ4v) is 3.60. The number of fused-ring (bicyclic) bond motifs is 1. The number of benzene rings is 3. The van der Waals surface area contributed by atoms with E-state index in [1.165, 1.54) is 12.5 Å². The predicted octanol–water partition coefficient (Wildman–Crippen LogP) is 4.57. The van der Waals surface area contributed by atoms with Crippen LogP contribution in [-0.4, -0.2) is 18.1 Å². The number of H-pyrrole nitrogens is 1. The Labute approximate surface area is 162 Å². The van der Waals surface area contributed by atoms with Crippen molar-refractivity contribution in [3.05, 3.63) is 106 Å². The second kappa shape index (κ2) is 7.53. The number of nitrogens with one attached hydrogen (secondary N) is 1. The van der Waals surface area contributed by atoms with Crippen LogP contribution >= 0.6 is 0 Å². The first-order valence-corrected chi connectivity index (χ1v) is 9.04. The van der Waals surface area contributed by atoms with E-state index in [1.807, 2.05) is 36.4 Å². The van der Waals surface area contributed by atoms with Crippen molar-refractivity contribution in [2.24, 2.45) is 0 Å². The first-order valence-electron chi connectivity index (χ1n) is 9.04. The van der Waals surface area contributed by atoms with Crippen molar-refractivity contribution in [1.82, 2.24) is 4.98 Å². The second-order valence-electron chi connectivity index (χ2n) is 6.56. The number of aromatic nitrogens is 1. The van der Waals surface area contributed by atoms with E-state index in [0.29, 0.717) is 12.0 Å². The number of hydrogen-bond acceptors (Lipinski definition) is 3. The molecule has 1 aromatic heterocycles. The number of ether oxygens (including phenoxy) is 1. The Morgan fingerprint density at radius 2 is 1.57 bits per heavy atom. The molecule has 0 aliphatic rings. The Morgan fingerprint density at radius 3 is 2.43 bits per heavy atom. The molecule has 0 aliphatic carbocycles. The summed E-state index contributed by atoms with van der Waals surface area (Å²) >= 11 is 0. The highest BCUT2D eigenvalue weighted by Crippen LogP contribution is 2.32. The van der Waals surface area contributed by atoms with Crippen LogP contribution in [-0.2, 0) is 11.2 Å². The summed E-state index contributed by atoms with van der Waals surface area (Å²) in [4.78, 5) is 26.9. The summed E-state index contributed by atoms with van der Waals surface area (Å²) in [5.41, 5.74) is 3.50. The van der Waals surface area contributed by atoms with Gasteiger partial charge < -0.3 is 9.72 Å². The number of carbonyl (C=O) groups excluding carboxylic acids is 1. The standard InChI is InChI=1S/C24H19NO3/c1-28-24(27)22-18(13-14-25-23(22)26)15-17-8-3-5-11-20(17)21-12-6-9-16-7-2-4-10-19(16)21/h2-14H,15H2,1H3,(H,25,26). The zero-order valence-electron chi connectivity index (χ0n) is 15.4. The zero-order valence-corrected chi connectivity index (χ0v) is 15.4. The Kier molecular flexibility index (Phi) is 4.77. The third-order valence-electron chi connectivity index (χ3n) is 4.91. The zero-order chi connectivity index (χ0) is 19.5. The average molecular weight is 369 g/mol. The van der Waals surface area contributed by atoms with Crippen molar-refractivity contribution < 1.29 is 9.53 Å². The normalized spacial score (nSPS) is 10.8. The summed E-state index contributed by atoms with van der Waals surface area (Å²) in [5.74, 6) is -0.625. The molecule has 0 bridgehead atoms. The number of aromatic amines is 1. The third-order valence-corrected chi connectivity index (χ3v) is 4.91. The lowest BCUT2D eigenvalue weighted by Gasteiger charge is -2.13. The van der Waals surface area contributed by atoms with E-state index in [-0.39, 0.29) is 5.56 Å². The lowest BCUT2D eigenvalue weighted by Crippen LogP contribution is -2.21. The van der Waals surface area contributed by atoms with Gasteiger partial charge in [-0.3, -0.25) is 4.79 Å². The first-order chi connectivity index (χ1) is 13.7. The molecule has 0 amide bonds. The molecule has 4 heteroatoms. The minimum absolute atomic E-state index is 0.0534. The Morgan fingerprint density at radius 1 is 0.857 bits per heavy atom. The van der Waals surface area contributed by atoms with Gasteiger partial charge in [-0.2, -0.15) is 0 Å².